The molecule has 1 aromatic heterocycles. The molecule has 0 spiro atoms. The van der Waals surface area contributed by atoms with Crippen molar-refractivity contribution in [3.05, 3.63) is 28.2 Å². The van der Waals surface area contributed by atoms with Crippen molar-refractivity contribution >= 4 is 29.3 Å². The van der Waals surface area contributed by atoms with Crippen LogP contribution in [-0.4, -0.2) is 63.2 Å². The smallest absolute Gasteiger partial charge is 0.540 e. The maximum absolute atomic E-state index is 13.3. The van der Waals surface area contributed by atoms with Crippen LogP contribution < -0.4 is 20.3 Å². The fourth-order valence-corrected chi connectivity index (χ4v) is 7.14. The van der Waals surface area contributed by atoms with Crippen molar-refractivity contribution in [2.45, 2.75) is 104 Å². The van der Waals surface area contributed by atoms with E-state index in [1.807, 2.05) is 13.2 Å². The third-order valence-electron chi connectivity index (χ3n) is 9.77. The van der Waals surface area contributed by atoms with Gasteiger partial charge in [-0.15, -0.1) is 8.78 Å². The number of hydrogen-bond acceptors (Lipinski definition) is 7. The van der Waals surface area contributed by atoms with Gasteiger partial charge in [0.05, 0.1) is 5.52 Å². The zero-order chi connectivity index (χ0) is 33.4. The molecule has 3 N–H and O–H groups in total. The summed E-state index contributed by atoms with van der Waals surface area (Å²) in [7, 11) is 0. The molecule has 6 atom stereocenters. The van der Waals surface area contributed by atoms with Gasteiger partial charge in [-0.25, -0.2) is 16.1 Å². The van der Waals surface area contributed by atoms with Gasteiger partial charge in [0.1, 0.15) is 17.3 Å². The number of nitrogens with zero attached hydrogens (tertiary/aromatic N) is 2. The Morgan fingerprint density at radius 3 is 2.55 bits per heavy atom. The Bertz CT molecular complexity index is 1530. The van der Waals surface area contributed by atoms with Gasteiger partial charge in [-0.2, -0.15) is 0 Å². The van der Waals surface area contributed by atoms with Crippen LogP contribution in [0.15, 0.2) is 16.9 Å². The van der Waals surface area contributed by atoms with Crippen LogP contribution in [0.1, 0.15) is 84.8 Å². The van der Waals surface area contributed by atoms with E-state index in [0.29, 0.717) is 24.2 Å². The third kappa shape index (κ3) is 8.46. The third-order valence-corrected chi connectivity index (χ3v) is 9.77. The summed E-state index contributed by atoms with van der Waals surface area (Å²) in [5.41, 5.74) is 0.103. The first-order valence-electron chi connectivity index (χ1n) is 16.2. The van der Waals surface area contributed by atoms with Gasteiger partial charge in [-0.3, -0.25) is 9.59 Å². The van der Waals surface area contributed by atoms with Crippen LogP contribution in [0.2, 0.25) is 0 Å². The first-order chi connectivity index (χ1) is 21.7. The second-order valence-corrected chi connectivity index (χ2v) is 14.2. The number of rotatable bonds is 9. The van der Waals surface area contributed by atoms with Gasteiger partial charge in [0.2, 0.25) is 5.91 Å². The summed E-state index contributed by atoms with van der Waals surface area (Å²) in [5, 5.41) is 11.1. The Labute approximate surface area is 284 Å². The van der Waals surface area contributed by atoms with Crippen molar-refractivity contribution in [1.82, 2.24) is 20.2 Å². The van der Waals surface area contributed by atoms with Crippen molar-refractivity contribution in [1.29, 1.82) is 0 Å². The molecule has 1 aromatic carbocycles. The van der Waals surface area contributed by atoms with E-state index >= 15 is 0 Å². The van der Waals surface area contributed by atoms with Gasteiger partial charge >= 0.3 is 12.4 Å². The van der Waals surface area contributed by atoms with E-state index in [-0.39, 0.29) is 53.0 Å². The summed E-state index contributed by atoms with van der Waals surface area (Å²) in [6.45, 7) is 7.70. The van der Waals surface area contributed by atoms with E-state index in [1.54, 1.807) is 26.8 Å². The topological polar surface area (TPSA) is 151 Å². The molecule has 2 unspecified atom stereocenters. The number of ether oxygens (including phenoxy) is 2. The number of hydrogen-bond donors (Lipinski definition) is 3. The molecule has 2 saturated carbocycles. The van der Waals surface area contributed by atoms with Gasteiger partial charge in [0.25, 0.3) is 5.56 Å². The van der Waals surface area contributed by atoms with Crippen LogP contribution in [-0.2, 0) is 34.6 Å². The molecule has 1 radical (unpaired) electrons. The zero-order valence-corrected chi connectivity index (χ0v) is 28.6. The number of carboxylic acid groups (broad SMARTS) is 1. The van der Waals surface area contributed by atoms with E-state index in [0.717, 1.165) is 37.0 Å². The molecule has 2 aromatic rings. The number of alkyl halides is 2. The van der Waals surface area contributed by atoms with Crippen molar-refractivity contribution < 1.29 is 56.3 Å². The van der Waals surface area contributed by atoms with Crippen LogP contribution >= 0.6 is 0 Å². The summed E-state index contributed by atoms with van der Waals surface area (Å²) in [4.78, 5) is 55.0. The summed E-state index contributed by atoms with van der Waals surface area (Å²) in [5.74, 6) is 2.42. The van der Waals surface area contributed by atoms with Crippen LogP contribution in [0.3, 0.4) is 0 Å². The molecule has 1 saturated heterocycles. The Hall–Kier alpha value is -3.19. The SMILES string of the molecule is C[C@@H]1CCN(C(=O)[C@@H](NC(=O)O)C(C)(C)C)[C@@H]1[C-]=O.O=c1[nH]c2c3c(ccc2nc1CCCCC[C@H]1CCC2CC21)OC(F)(F)O3.[V]. The minimum atomic E-state index is -3.72. The van der Waals surface area contributed by atoms with Crippen LogP contribution in [0.4, 0.5) is 13.6 Å². The Morgan fingerprint density at radius 2 is 1.94 bits per heavy atom. The molecule has 257 valence electrons. The van der Waals surface area contributed by atoms with E-state index in [1.165, 1.54) is 43.1 Å². The number of halogens is 2. The number of carbonyl (C=O) groups excluding carboxylic acids is 2. The number of fused-ring (bicyclic) bond motifs is 4. The molecule has 6 rings (SSSR count). The summed E-state index contributed by atoms with van der Waals surface area (Å²) >= 11 is 0. The number of H-pyrrole nitrogens is 1. The molecular formula is C33H43F2N4O7V-. The molecule has 47 heavy (non-hydrogen) atoms. The van der Waals surface area contributed by atoms with Crippen LogP contribution in [0, 0.1) is 29.1 Å². The van der Waals surface area contributed by atoms with Crippen molar-refractivity contribution in [2.75, 3.05) is 6.54 Å². The Kier molecular flexibility index (Phi) is 11.3. The maximum Gasteiger partial charge on any atom is 0.586 e. The number of carbonyl (C=O) groups is 2. The molecule has 3 fully saturated rings. The second kappa shape index (κ2) is 14.5. The van der Waals surface area contributed by atoms with E-state index in [9.17, 15) is 28.0 Å². The number of benzene rings is 1. The standard InChI is InChI=1S/C20H22F2N2O3.C13H21N2O4.V/c21-20(22)26-16-9-8-14-17(18(16)27-20)24-19(25)15(23-14)5-3-1-2-4-11-6-7-12-10-13(11)12;1-8-5-6-15(9(8)7-16)11(17)10(13(2,3)4)14-12(18)19;/h8-9,11-13H,1-7,10H2,(H,24,25);8-10,14H,5-6H2,1-4H3,(H,18,19);/q;-1;/t11-,12?,13?;8-,9-,10-;/m01./s1. The van der Waals surface area contributed by atoms with Gasteiger partial charge in [0, 0.05) is 25.1 Å². The molecule has 4 aliphatic rings. The Morgan fingerprint density at radius 1 is 1.19 bits per heavy atom. The quantitative estimate of drug-likeness (QED) is 0.233. The summed E-state index contributed by atoms with van der Waals surface area (Å²) in [6, 6.07) is 1.50. The van der Waals surface area contributed by atoms with Crippen molar-refractivity contribution in [3.63, 3.8) is 0 Å². The van der Waals surface area contributed by atoms with Crippen LogP contribution in [0.5, 0.6) is 11.5 Å². The molecule has 0 bridgehead atoms. The molecule has 2 aliphatic carbocycles. The largest absolute Gasteiger partial charge is 0.586 e. The molecule has 2 amide bonds. The zero-order valence-electron chi connectivity index (χ0n) is 27.2. The van der Waals surface area contributed by atoms with E-state index in [4.69, 9.17) is 5.11 Å². The minimum Gasteiger partial charge on any atom is -0.540 e. The fourth-order valence-electron chi connectivity index (χ4n) is 7.14. The monoisotopic (exact) mass is 696 g/mol. The number of amides is 2. The van der Waals surface area contributed by atoms with Gasteiger partial charge < -0.3 is 34.6 Å². The number of aromatic amines is 1. The predicted octanol–water partition coefficient (Wildman–Crippen LogP) is 5.41. The number of aryl methyl sites for hydroxylation is 1. The number of unbranched alkanes of at least 4 members (excludes halogenated alkanes) is 2. The number of likely N-dealkylation sites (tertiary alicyclic amines) is 1. The summed E-state index contributed by atoms with van der Waals surface area (Å²) < 4.78 is 35.5. The first-order valence-corrected chi connectivity index (χ1v) is 16.2. The number of nitrogens with one attached hydrogen (secondary N) is 2. The minimum absolute atomic E-state index is 0. The normalized spacial score (nSPS) is 25.7. The average Bonchev–Trinajstić information content (AvgIpc) is 3.30. The average molecular weight is 697 g/mol. The van der Waals surface area contributed by atoms with E-state index < -0.39 is 29.9 Å². The molecular weight excluding hydrogens is 653 g/mol. The molecule has 11 nitrogen and oxygen atoms in total. The van der Waals surface area contributed by atoms with Crippen LogP contribution in [0.25, 0.3) is 11.0 Å². The van der Waals surface area contributed by atoms with Crippen molar-refractivity contribution in [3.8, 4) is 11.5 Å². The Balaban J connectivity index is 0.000000223. The summed E-state index contributed by atoms with van der Waals surface area (Å²) in [6.07, 6.45) is 7.02. The maximum atomic E-state index is 13.3. The molecule has 2 aliphatic heterocycles. The van der Waals surface area contributed by atoms with Gasteiger partial charge in [-0.1, -0.05) is 53.0 Å². The molecule has 3 heterocycles. The second-order valence-electron chi connectivity index (χ2n) is 14.2. The number of aromatic nitrogens is 2. The molecule has 14 heteroatoms. The fraction of sp³-hybridized carbons (Fsp3) is 0.667. The first kappa shape index (κ1) is 36.6. The van der Waals surface area contributed by atoms with Crippen molar-refractivity contribution in [2.24, 2.45) is 29.1 Å². The van der Waals surface area contributed by atoms with E-state index in [2.05, 4.69) is 24.8 Å². The predicted molar refractivity (Wildman–Crippen MR) is 164 cm³/mol. The van der Waals surface area contributed by atoms with Gasteiger partial charge in [-0.05, 0) is 79.7 Å². The van der Waals surface area contributed by atoms with Gasteiger partial charge in [0.15, 0.2) is 11.5 Å².